The molecule has 0 saturated carbocycles. The van der Waals surface area contributed by atoms with Crippen LogP contribution in [0.1, 0.15) is 21.6 Å². The minimum absolute atomic E-state index is 0.466. The minimum Gasteiger partial charge on any atom is -0.387 e. The number of hydrogen-bond donors (Lipinski definition) is 1. The van der Waals surface area contributed by atoms with Crippen LogP contribution < -0.4 is 0 Å². The second-order valence-electron chi connectivity index (χ2n) is 3.23. The van der Waals surface area contributed by atoms with Gasteiger partial charge in [-0.25, -0.2) is 4.98 Å². The molecule has 0 fully saturated rings. The predicted octanol–water partition coefficient (Wildman–Crippen LogP) is 3.44. The van der Waals surface area contributed by atoms with E-state index in [0.29, 0.717) is 6.42 Å². The van der Waals surface area contributed by atoms with Gasteiger partial charge in [-0.1, -0.05) is 11.6 Å². The van der Waals surface area contributed by atoms with Gasteiger partial charge in [0.05, 0.1) is 26.5 Å². The molecule has 2 rings (SSSR count). The summed E-state index contributed by atoms with van der Waals surface area (Å²) < 4.78 is 0.762. The number of nitrogens with zero attached hydrogens (tertiary/aromatic N) is 1. The number of aromatic nitrogens is 1. The molecule has 1 atom stereocenters. The molecule has 0 radical (unpaired) electrons. The van der Waals surface area contributed by atoms with Gasteiger partial charge < -0.3 is 5.11 Å². The zero-order valence-corrected chi connectivity index (χ0v) is 10.5. The molecule has 1 N–H and O–H groups in total. The van der Waals surface area contributed by atoms with Crippen molar-refractivity contribution in [3.63, 3.8) is 0 Å². The van der Waals surface area contributed by atoms with Gasteiger partial charge in [0.2, 0.25) is 0 Å². The van der Waals surface area contributed by atoms with E-state index in [9.17, 15) is 5.11 Å². The molecule has 15 heavy (non-hydrogen) atoms. The third kappa shape index (κ3) is 2.58. The molecular formula is C10H10ClNOS2. The SMILES string of the molecule is Cc1ncsc1C(O)Cc1ccc(Cl)s1. The van der Waals surface area contributed by atoms with Crippen LogP contribution >= 0.6 is 34.3 Å². The average molecular weight is 260 g/mol. The lowest BCUT2D eigenvalue weighted by atomic mass is 10.2. The first-order valence-electron chi connectivity index (χ1n) is 4.49. The van der Waals surface area contributed by atoms with Crippen molar-refractivity contribution in [3.8, 4) is 0 Å². The summed E-state index contributed by atoms with van der Waals surface area (Å²) in [5, 5.41) is 9.99. The Hall–Kier alpha value is -0.420. The first kappa shape index (κ1) is 11.1. The predicted molar refractivity (Wildman–Crippen MR) is 64.8 cm³/mol. The lowest BCUT2D eigenvalue weighted by Gasteiger charge is -2.07. The van der Waals surface area contributed by atoms with Crippen molar-refractivity contribution < 1.29 is 5.11 Å². The molecule has 2 heterocycles. The van der Waals surface area contributed by atoms with Crippen molar-refractivity contribution in [1.82, 2.24) is 4.98 Å². The molecule has 80 valence electrons. The Labute approximate surface area is 101 Å². The molecule has 0 aromatic carbocycles. The third-order valence-electron chi connectivity index (χ3n) is 2.11. The summed E-state index contributed by atoms with van der Waals surface area (Å²) in [5.41, 5.74) is 2.67. The highest BCUT2D eigenvalue weighted by Gasteiger charge is 2.14. The maximum atomic E-state index is 9.99. The molecule has 0 saturated heterocycles. The molecular weight excluding hydrogens is 250 g/mol. The van der Waals surface area contributed by atoms with Crippen LogP contribution in [0.2, 0.25) is 4.34 Å². The van der Waals surface area contributed by atoms with Crippen molar-refractivity contribution in [2.75, 3.05) is 0 Å². The number of thiophene rings is 1. The molecule has 1 unspecified atom stereocenters. The van der Waals surface area contributed by atoms with E-state index >= 15 is 0 Å². The molecule has 2 aromatic rings. The van der Waals surface area contributed by atoms with Gasteiger partial charge in [0.15, 0.2) is 0 Å². The van der Waals surface area contributed by atoms with Crippen LogP contribution in [0, 0.1) is 6.92 Å². The standard InChI is InChI=1S/C10H10ClNOS2/c1-6-10(14-5-12-6)8(13)4-7-2-3-9(11)15-7/h2-3,5,8,13H,4H2,1H3. The zero-order chi connectivity index (χ0) is 10.8. The Balaban J connectivity index is 2.10. The van der Waals surface area contributed by atoms with Crippen LogP contribution in [0.15, 0.2) is 17.6 Å². The molecule has 0 spiro atoms. The Bertz CT molecular complexity index is 452. The summed E-state index contributed by atoms with van der Waals surface area (Å²) in [6, 6.07) is 3.81. The van der Waals surface area contributed by atoms with Gasteiger partial charge in [-0.2, -0.15) is 0 Å². The number of aliphatic hydroxyl groups excluding tert-OH is 1. The topological polar surface area (TPSA) is 33.1 Å². The molecule has 0 aliphatic heterocycles. The third-order valence-corrected chi connectivity index (χ3v) is 4.39. The van der Waals surface area contributed by atoms with Gasteiger partial charge in [-0.15, -0.1) is 22.7 Å². The fourth-order valence-electron chi connectivity index (χ4n) is 1.38. The fraction of sp³-hybridized carbons (Fsp3) is 0.300. The van der Waals surface area contributed by atoms with Gasteiger partial charge in [-0.3, -0.25) is 0 Å². The maximum Gasteiger partial charge on any atom is 0.0948 e. The van der Waals surface area contributed by atoms with Crippen molar-refractivity contribution in [3.05, 3.63) is 37.4 Å². The Morgan fingerprint density at radius 1 is 1.53 bits per heavy atom. The number of aliphatic hydroxyl groups is 1. The van der Waals surface area contributed by atoms with E-state index in [-0.39, 0.29) is 0 Å². The van der Waals surface area contributed by atoms with Crippen LogP contribution in [0.4, 0.5) is 0 Å². The van der Waals surface area contributed by atoms with Crippen LogP contribution in [0.5, 0.6) is 0 Å². The Morgan fingerprint density at radius 3 is 2.87 bits per heavy atom. The van der Waals surface area contributed by atoms with E-state index in [1.54, 1.807) is 5.51 Å². The van der Waals surface area contributed by atoms with Gasteiger partial charge in [0.1, 0.15) is 0 Å². The van der Waals surface area contributed by atoms with Gasteiger partial charge in [-0.05, 0) is 19.1 Å². The van der Waals surface area contributed by atoms with E-state index in [1.165, 1.54) is 22.7 Å². The Kier molecular flexibility index (Phi) is 3.41. The second-order valence-corrected chi connectivity index (χ2v) is 5.91. The fourth-order valence-corrected chi connectivity index (χ4v) is 3.29. The van der Waals surface area contributed by atoms with E-state index in [2.05, 4.69) is 4.98 Å². The van der Waals surface area contributed by atoms with Gasteiger partial charge >= 0.3 is 0 Å². The van der Waals surface area contributed by atoms with Crippen molar-refractivity contribution in [1.29, 1.82) is 0 Å². The summed E-state index contributed by atoms with van der Waals surface area (Å²) in [5.74, 6) is 0. The van der Waals surface area contributed by atoms with E-state index in [1.807, 2.05) is 19.1 Å². The maximum absolute atomic E-state index is 9.99. The molecule has 5 heteroatoms. The van der Waals surface area contributed by atoms with Crippen LogP contribution in [-0.2, 0) is 6.42 Å². The molecule has 0 aliphatic carbocycles. The van der Waals surface area contributed by atoms with Crippen molar-refractivity contribution in [2.24, 2.45) is 0 Å². The summed E-state index contributed by atoms with van der Waals surface area (Å²) >= 11 is 8.83. The molecule has 2 nitrogen and oxygen atoms in total. The highest BCUT2D eigenvalue weighted by molar-refractivity contribution is 7.16. The quantitative estimate of drug-likeness (QED) is 0.916. The van der Waals surface area contributed by atoms with Gasteiger partial charge in [0, 0.05) is 11.3 Å². The monoisotopic (exact) mass is 259 g/mol. The number of aryl methyl sites for hydroxylation is 1. The molecule has 0 bridgehead atoms. The lowest BCUT2D eigenvalue weighted by Crippen LogP contribution is -1.99. The Morgan fingerprint density at radius 2 is 2.33 bits per heavy atom. The summed E-state index contributed by atoms with van der Waals surface area (Å²) in [7, 11) is 0. The first-order valence-corrected chi connectivity index (χ1v) is 6.56. The van der Waals surface area contributed by atoms with Crippen molar-refractivity contribution >= 4 is 34.3 Å². The van der Waals surface area contributed by atoms with E-state index in [0.717, 1.165) is 19.8 Å². The number of thiazole rings is 1. The van der Waals surface area contributed by atoms with Gasteiger partial charge in [0.25, 0.3) is 0 Å². The van der Waals surface area contributed by atoms with Crippen molar-refractivity contribution in [2.45, 2.75) is 19.4 Å². The second kappa shape index (κ2) is 4.61. The number of rotatable bonds is 3. The summed E-state index contributed by atoms with van der Waals surface area (Å²) in [6.07, 6.45) is 0.146. The van der Waals surface area contributed by atoms with Crippen LogP contribution in [0.25, 0.3) is 0 Å². The van der Waals surface area contributed by atoms with Crippen LogP contribution in [0.3, 0.4) is 0 Å². The summed E-state index contributed by atoms with van der Waals surface area (Å²) in [4.78, 5) is 6.16. The van der Waals surface area contributed by atoms with E-state index < -0.39 is 6.10 Å². The smallest absolute Gasteiger partial charge is 0.0948 e. The molecule has 0 aliphatic rings. The largest absolute Gasteiger partial charge is 0.387 e. The highest BCUT2D eigenvalue weighted by Crippen LogP contribution is 2.29. The van der Waals surface area contributed by atoms with Crippen LogP contribution in [-0.4, -0.2) is 10.1 Å². The molecule has 0 amide bonds. The normalized spacial score (nSPS) is 13.0. The van der Waals surface area contributed by atoms with E-state index in [4.69, 9.17) is 11.6 Å². The highest BCUT2D eigenvalue weighted by atomic mass is 35.5. The molecule has 2 aromatic heterocycles. The number of hydrogen-bond acceptors (Lipinski definition) is 4. The lowest BCUT2D eigenvalue weighted by molar-refractivity contribution is 0.182. The minimum atomic E-state index is -0.466. The first-order chi connectivity index (χ1) is 7.16. The summed E-state index contributed by atoms with van der Waals surface area (Å²) in [6.45, 7) is 1.91. The average Bonchev–Trinajstić information content (AvgIpc) is 2.75. The number of halogens is 1. The zero-order valence-electron chi connectivity index (χ0n) is 8.11.